The van der Waals surface area contributed by atoms with Gasteiger partial charge in [0.05, 0.1) is 7.11 Å². The Balaban J connectivity index is 1.38. The maximum atomic E-state index is 13.0. The van der Waals surface area contributed by atoms with Gasteiger partial charge in [-0.2, -0.15) is 0 Å². The van der Waals surface area contributed by atoms with Crippen molar-refractivity contribution in [1.29, 1.82) is 0 Å². The summed E-state index contributed by atoms with van der Waals surface area (Å²) in [6.45, 7) is 4.81. The molecule has 0 unspecified atom stereocenters. The lowest BCUT2D eigenvalue weighted by atomic mass is 10.1. The number of methoxy groups -OCH3 is 1. The predicted octanol–water partition coefficient (Wildman–Crippen LogP) is 2.84. The smallest absolute Gasteiger partial charge is 0.321 e. The van der Waals surface area contributed by atoms with E-state index in [2.05, 4.69) is 10.2 Å². The van der Waals surface area contributed by atoms with Gasteiger partial charge in [-0.15, -0.1) is 0 Å². The van der Waals surface area contributed by atoms with Gasteiger partial charge in [0.25, 0.3) is 5.91 Å². The summed E-state index contributed by atoms with van der Waals surface area (Å²) in [5, 5.41) is 3.47. The summed E-state index contributed by atoms with van der Waals surface area (Å²) in [4.78, 5) is 30.7. The zero-order valence-corrected chi connectivity index (χ0v) is 17.7. The monoisotopic (exact) mass is 428 g/mol. The highest BCUT2D eigenvalue weighted by molar-refractivity contribution is 6.30. The van der Waals surface area contributed by atoms with Crippen molar-refractivity contribution in [3.63, 3.8) is 0 Å². The van der Waals surface area contributed by atoms with Crippen LogP contribution in [0.3, 0.4) is 0 Å². The van der Waals surface area contributed by atoms with Gasteiger partial charge < -0.3 is 15.0 Å². The molecule has 2 fully saturated rings. The first-order chi connectivity index (χ1) is 14.5. The van der Waals surface area contributed by atoms with E-state index in [-0.39, 0.29) is 11.9 Å². The summed E-state index contributed by atoms with van der Waals surface area (Å²) in [5.41, 5.74) is 2.40. The Morgan fingerprint density at radius 2 is 1.90 bits per heavy atom. The molecule has 2 aromatic carbocycles. The molecule has 2 aliphatic heterocycles. The fourth-order valence-electron chi connectivity index (χ4n) is 3.93. The van der Waals surface area contributed by atoms with Gasteiger partial charge in [0.2, 0.25) is 0 Å². The molecule has 3 amide bonds. The molecule has 0 spiro atoms. The van der Waals surface area contributed by atoms with Crippen LogP contribution in [-0.2, 0) is 6.54 Å². The lowest BCUT2D eigenvalue weighted by molar-refractivity contribution is 0.0627. The van der Waals surface area contributed by atoms with Gasteiger partial charge >= 0.3 is 6.03 Å². The lowest BCUT2D eigenvalue weighted by Crippen LogP contribution is -2.48. The number of ether oxygens (including phenoxy) is 1. The number of nitrogens with zero attached hydrogens (tertiary/aromatic N) is 3. The average molecular weight is 429 g/mol. The Hall–Kier alpha value is -2.77. The zero-order valence-electron chi connectivity index (χ0n) is 16.9. The molecule has 7 nitrogen and oxygen atoms in total. The zero-order chi connectivity index (χ0) is 21.1. The molecule has 30 heavy (non-hydrogen) atoms. The van der Waals surface area contributed by atoms with Crippen LogP contribution in [0.2, 0.25) is 5.02 Å². The number of piperazine rings is 1. The largest absolute Gasteiger partial charge is 0.496 e. The fourth-order valence-corrected chi connectivity index (χ4v) is 4.12. The predicted molar refractivity (Wildman–Crippen MR) is 116 cm³/mol. The number of hydrogen-bond acceptors (Lipinski definition) is 4. The molecule has 8 heteroatoms. The third-order valence-electron chi connectivity index (χ3n) is 5.56. The van der Waals surface area contributed by atoms with Crippen LogP contribution >= 0.6 is 11.6 Å². The summed E-state index contributed by atoms with van der Waals surface area (Å²) >= 11 is 6.14. The van der Waals surface area contributed by atoms with Crippen molar-refractivity contribution in [1.82, 2.24) is 15.1 Å². The Morgan fingerprint density at radius 3 is 2.60 bits per heavy atom. The molecule has 0 saturated carbocycles. The van der Waals surface area contributed by atoms with Gasteiger partial charge in [-0.3, -0.25) is 14.6 Å². The van der Waals surface area contributed by atoms with Gasteiger partial charge in [0, 0.05) is 67.7 Å². The number of carbonyl (C=O) groups excluding carboxylic acids is 2. The van der Waals surface area contributed by atoms with E-state index < -0.39 is 0 Å². The Labute approximate surface area is 181 Å². The first-order valence-corrected chi connectivity index (χ1v) is 10.4. The number of anilines is 1. The molecule has 0 bridgehead atoms. The van der Waals surface area contributed by atoms with Crippen LogP contribution in [0, 0.1) is 0 Å². The molecular formula is C22H25ClN4O3. The second-order valence-electron chi connectivity index (χ2n) is 7.46. The summed E-state index contributed by atoms with van der Waals surface area (Å²) in [5.74, 6) is 0.817. The van der Waals surface area contributed by atoms with E-state index in [0.717, 1.165) is 36.6 Å². The van der Waals surface area contributed by atoms with Crippen molar-refractivity contribution in [2.45, 2.75) is 6.54 Å². The molecule has 2 aliphatic rings. The molecule has 4 rings (SSSR count). The highest BCUT2D eigenvalue weighted by Crippen LogP contribution is 2.25. The summed E-state index contributed by atoms with van der Waals surface area (Å²) in [7, 11) is 1.66. The highest BCUT2D eigenvalue weighted by atomic mass is 35.5. The number of urea groups is 1. The van der Waals surface area contributed by atoms with Gasteiger partial charge in [-0.05, 0) is 36.4 Å². The SMILES string of the molecule is COc1ccc(Cl)cc1CN1CCN(C(=O)c2cccc(N3CCNC3=O)c2)CC1. The van der Waals surface area contributed by atoms with Crippen molar-refractivity contribution in [2.75, 3.05) is 51.3 Å². The topological polar surface area (TPSA) is 65.1 Å². The van der Waals surface area contributed by atoms with E-state index in [9.17, 15) is 9.59 Å². The Morgan fingerprint density at radius 1 is 1.10 bits per heavy atom. The summed E-state index contributed by atoms with van der Waals surface area (Å²) in [6, 6.07) is 12.8. The standard InChI is InChI=1S/C22H25ClN4O3/c1-30-20-6-5-18(23)13-17(20)15-25-9-11-26(12-10-25)21(28)16-3-2-4-19(14-16)27-8-7-24-22(27)29/h2-6,13-14H,7-12,15H2,1H3,(H,24,29). The normalized spacial score (nSPS) is 17.2. The second-order valence-corrected chi connectivity index (χ2v) is 7.89. The van der Waals surface area contributed by atoms with Crippen LogP contribution < -0.4 is 15.0 Å². The van der Waals surface area contributed by atoms with Crippen molar-refractivity contribution in [3.05, 3.63) is 58.6 Å². The molecule has 158 valence electrons. The van der Waals surface area contributed by atoms with Crippen LogP contribution in [-0.4, -0.2) is 68.1 Å². The van der Waals surface area contributed by atoms with E-state index in [4.69, 9.17) is 16.3 Å². The molecule has 0 aliphatic carbocycles. The maximum Gasteiger partial charge on any atom is 0.321 e. The molecule has 2 saturated heterocycles. The van der Waals surface area contributed by atoms with Crippen LogP contribution in [0.1, 0.15) is 15.9 Å². The van der Waals surface area contributed by atoms with Crippen LogP contribution in [0.25, 0.3) is 0 Å². The van der Waals surface area contributed by atoms with Gasteiger partial charge in [-0.25, -0.2) is 4.79 Å². The van der Waals surface area contributed by atoms with Gasteiger partial charge in [0.15, 0.2) is 0 Å². The van der Waals surface area contributed by atoms with Gasteiger partial charge in [0.1, 0.15) is 5.75 Å². The molecule has 1 N–H and O–H groups in total. The Kier molecular flexibility index (Phi) is 6.11. The third-order valence-corrected chi connectivity index (χ3v) is 5.79. The number of benzene rings is 2. The summed E-state index contributed by atoms with van der Waals surface area (Å²) in [6.07, 6.45) is 0. The Bertz CT molecular complexity index is 944. The quantitative estimate of drug-likeness (QED) is 0.795. The van der Waals surface area contributed by atoms with Crippen LogP contribution in [0.15, 0.2) is 42.5 Å². The number of carbonyl (C=O) groups is 2. The lowest BCUT2D eigenvalue weighted by Gasteiger charge is -2.35. The number of halogens is 1. The molecule has 0 aromatic heterocycles. The molecule has 2 aromatic rings. The van der Waals surface area contributed by atoms with Gasteiger partial charge in [-0.1, -0.05) is 17.7 Å². The van der Waals surface area contributed by atoms with E-state index in [1.807, 2.05) is 41.3 Å². The maximum absolute atomic E-state index is 13.0. The van der Waals surface area contributed by atoms with Crippen LogP contribution in [0.4, 0.5) is 10.5 Å². The van der Waals surface area contributed by atoms with E-state index in [1.54, 1.807) is 18.1 Å². The fraction of sp³-hybridized carbons (Fsp3) is 0.364. The first-order valence-electron chi connectivity index (χ1n) is 10.0. The molecule has 0 atom stereocenters. The summed E-state index contributed by atoms with van der Waals surface area (Å²) < 4.78 is 5.44. The number of amides is 3. The number of hydrogen-bond donors (Lipinski definition) is 1. The first kappa shape index (κ1) is 20.5. The van der Waals surface area contributed by atoms with E-state index >= 15 is 0 Å². The van der Waals surface area contributed by atoms with Crippen molar-refractivity contribution in [3.8, 4) is 5.75 Å². The van der Waals surface area contributed by atoms with Crippen molar-refractivity contribution < 1.29 is 14.3 Å². The minimum Gasteiger partial charge on any atom is -0.496 e. The minimum atomic E-state index is -0.121. The number of nitrogens with one attached hydrogen (secondary N) is 1. The highest BCUT2D eigenvalue weighted by Gasteiger charge is 2.25. The van der Waals surface area contributed by atoms with E-state index in [1.165, 1.54) is 0 Å². The average Bonchev–Trinajstić information content (AvgIpc) is 3.20. The van der Waals surface area contributed by atoms with Crippen LogP contribution in [0.5, 0.6) is 5.75 Å². The molecular weight excluding hydrogens is 404 g/mol. The van der Waals surface area contributed by atoms with Crippen molar-refractivity contribution in [2.24, 2.45) is 0 Å². The second kappa shape index (κ2) is 8.93. The minimum absolute atomic E-state index is 0.00330. The molecule has 2 heterocycles. The number of rotatable bonds is 5. The van der Waals surface area contributed by atoms with Crippen molar-refractivity contribution >= 4 is 29.2 Å². The molecule has 0 radical (unpaired) electrons. The van der Waals surface area contributed by atoms with E-state index in [0.29, 0.717) is 36.8 Å². The third kappa shape index (κ3) is 4.37.